The summed E-state index contributed by atoms with van der Waals surface area (Å²) in [4.78, 5) is 11.5. The van der Waals surface area contributed by atoms with Gasteiger partial charge in [-0.25, -0.2) is 0 Å². The van der Waals surface area contributed by atoms with E-state index in [1.54, 1.807) is 12.1 Å². The molecular weight excluding hydrogens is 180 g/mol. The van der Waals surface area contributed by atoms with Crippen LogP contribution in [0, 0.1) is 0 Å². The first-order chi connectivity index (χ1) is 6.66. The van der Waals surface area contributed by atoms with E-state index in [1.807, 2.05) is 0 Å². The van der Waals surface area contributed by atoms with Crippen LogP contribution in [-0.2, 0) is 0 Å². The molecule has 1 fully saturated rings. The van der Waals surface area contributed by atoms with Crippen LogP contribution >= 0.6 is 0 Å². The molecular formula is C10H12N2O2. The number of carbonyl (C=O) groups is 1. The SMILES string of the molecule is NC1CC1NC(=O)c1ccc(O)cc1. The van der Waals surface area contributed by atoms with Gasteiger partial charge < -0.3 is 16.2 Å². The maximum absolute atomic E-state index is 11.5. The first-order valence-electron chi connectivity index (χ1n) is 4.52. The summed E-state index contributed by atoms with van der Waals surface area (Å²) in [6.07, 6.45) is 0.851. The molecule has 0 aliphatic heterocycles. The largest absolute Gasteiger partial charge is 0.508 e. The molecule has 1 amide bonds. The summed E-state index contributed by atoms with van der Waals surface area (Å²) in [6.45, 7) is 0. The van der Waals surface area contributed by atoms with E-state index >= 15 is 0 Å². The van der Waals surface area contributed by atoms with Crippen molar-refractivity contribution in [2.75, 3.05) is 0 Å². The zero-order valence-electron chi connectivity index (χ0n) is 7.60. The first kappa shape index (κ1) is 9.02. The number of hydrogen-bond acceptors (Lipinski definition) is 3. The van der Waals surface area contributed by atoms with Crippen LogP contribution in [0.1, 0.15) is 16.8 Å². The number of phenols is 1. The van der Waals surface area contributed by atoms with Crippen molar-refractivity contribution in [3.05, 3.63) is 29.8 Å². The topological polar surface area (TPSA) is 75.3 Å². The molecule has 0 spiro atoms. The molecule has 0 radical (unpaired) electrons. The van der Waals surface area contributed by atoms with E-state index in [0.29, 0.717) is 5.56 Å². The van der Waals surface area contributed by atoms with Gasteiger partial charge in [0.15, 0.2) is 0 Å². The monoisotopic (exact) mass is 192 g/mol. The fourth-order valence-electron chi connectivity index (χ4n) is 1.25. The Morgan fingerprint density at radius 3 is 2.50 bits per heavy atom. The van der Waals surface area contributed by atoms with Crippen molar-refractivity contribution in [3.8, 4) is 5.75 Å². The van der Waals surface area contributed by atoms with Crippen molar-refractivity contribution < 1.29 is 9.90 Å². The molecule has 4 N–H and O–H groups in total. The van der Waals surface area contributed by atoms with Gasteiger partial charge in [0.1, 0.15) is 5.75 Å². The quantitative estimate of drug-likeness (QED) is 0.627. The van der Waals surface area contributed by atoms with Gasteiger partial charge >= 0.3 is 0 Å². The standard InChI is InChI=1S/C10H12N2O2/c11-8-5-9(8)12-10(14)6-1-3-7(13)4-2-6/h1-4,8-9,13H,5,11H2,(H,12,14). The van der Waals surface area contributed by atoms with Crippen LogP contribution in [0.3, 0.4) is 0 Å². The highest BCUT2D eigenvalue weighted by Crippen LogP contribution is 2.18. The molecule has 1 aliphatic carbocycles. The van der Waals surface area contributed by atoms with Gasteiger partial charge in [-0.15, -0.1) is 0 Å². The van der Waals surface area contributed by atoms with Crippen LogP contribution in [0.25, 0.3) is 0 Å². The molecule has 1 aromatic carbocycles. The number of rotatable bonds is 2. The van der Waals surface area contributed by atoms with Gasteiger partial charge in [-0.1, -0.05) is 0 Å². The molecule has 1 aromatic rings. The normalized spacial score (nSPS) is 24.4. The first-order valence-corrected chi connectivity index (χ1v) is 4.52. The lowest BCUT2D eigenvalue weighted by Gasteiger charge is -2.03. The summed E-state index contributed by atoms with van der Waals surface area (Å²) in [7, 11) is 0. The van der Waals surface area contributed by atoms with E-state index in [9.17, 15) is 4.79 Å². The van der Waals surface area contributed by atoms with E-state index < -0.39 is 0 Å². The van der Waals surface area contributed by atoms with Gasteiger partial charge in [0.05, 0.1) is 0 Å². The average Bonchev–Trinajstić information content (AvgIpc) is 2.82. The fourth-order valence-corrected chi connectivity index (χ4v) is 1.25. The van der Waals surface area contributed by atoms with Crippen molar-refractivity contribution in [2.45, 2.75) is 18.5 Å². The molecule has 1 aliphatic rings. The van der Waals surface area contributed by atoms with E-state index in [4.69, 9.17) is 10.8 Å². The van der Waals surface area contributed by atoms with E-state index in [-0.39, 0.29) is 23.7 Å². The highest BCUT2D eigenvalue weighted by Gasteiger charge is 2.34. The molecule has 4 nitrogen and oxygen atoms in total. The number of nitrogens with one attached hydrogen (secondary N) is 1. The molecule has 14 heavy (non-hydrogen) atoms. The highest BCUT2D eigenvalue weighted by molar-refractivity contribution is 5.94. The van der Waals surface area contributed by atoms with Crippen LogP contribution in [0.15, 0.2) is 24.3 Å². The van der Waals surface area contributed by atoms with Gasteiger partial charge in [0.25, 0.3) is 5.91 Å². The van der Waals surface area contributed by atoms with Crippen LogP contribution in [-0.4, -0.2) is 23.1 Å². The summed E-state index contributed by atoms with van der Waals surface area (Å²) < 4.78 is 0. The molecule has 2 rings (SSSR count). The number of aromatic hydroxyl groups is 1. The molecule has 2 unspecified atom stereocenters. The number of carbonyl (C=O) groups excluding carboxylic acids is 1. The molecule has 0 bridgehead atoms. The maximum Gasteiger partial charge on any atom is 0.251 e. The van der Waals surface area contributed by atoms with Gasteiger partial charge in [-0.2, -0.15) is 0 Å². The fraction of sp³-hybridized carbons (Fsp3) is 0.300. The number of phenolic OH excluding ortho intramolecular Hbond substituents is 1. The van der Waals surface area contributed by atoms with Crippen molar-refractivity contribution in [1.29, 1.82) is 0 Å². The summed E-state index contributed by atoms with van der Waals surface area (Å²) in [5.41, 5.74) is 6.11. The third kappa shape index (κ3) is 1.85. The molecule has 0 aromatic heterocycles. The number of benzene rings is 1. The summed E-state index contributed by atoms with van der Waals surface area (Å²) in [6, 6.07) is 6.37. The summed E-state index contributed by atoms with van der Waals surface area (Å²) >= 11 is 0. The van der Waals surface area contributed by atoms with E-state index in [0.717, 1.165) is 6.42 Å². The van der Waals surface area contributed by atoms with Crippen LogP contribution in [0.5, 0.6) is 5.75 Å². The van der Waals surface area contributed by atoms with Gasteiger partial charge in [-0.3, -0.25) is 4.79 Å². The Morgan fingerprint density at radius 2 is 2.00 bits per heavy atom. The second kappa shape index (κ2) is 3.31. The summed E-state index contributed by atoms with van der Waals surface area (Å²) in [5, 5.41) is 11.8. The molecule has 2 atom stereocenters. The van der Waals surface area contributed by atoms with Gasteiger partial charge in [0.2, 0.25) is 0 Å². The Labute approximate surface area is 81.7 Å². The van der Waals surface area contributed by atoms with E-state index in [1.165, 1.54) is 12.1 Å². The second-order valence-electron chi connectivity index (χ2n) is 3.53. The Balaban J connectivity index is 2.00. The van der Waals surface area contributed by atoms with Crippen LogP contribution < -0.4 is 11.1 Å². The summed E-state index contributed by atoms with van der Waals surface area (Å²) in [5.74, 6) is 0.0209. The molecule has 1 saturated carbocycles. The molecule has 0 saturated heterocycles. The van der Waals surface area contributed by atoms with Crippen molar-refractivity contribution >= 4 is 5.91 Å². The van der Waals surface area contributed by atoms with Crippen molar-refractivity contribution in [2.24, 2.45) is 5.73 Å². The second-order valence-corrected chi connectivity index (χ2v) is 3.53. The Morgan fingerprint density at radius 1 is 1.43 bits per heavy atom. The highest BCUT2D eigenvalue weighted by atomic mass is 16.3. The minimum Gasteiger partial charge on any atom is -0.508 e. The Bertz CT molecular complexity index is 348. The third-order valence-electron chi connectivity index (χ3n) is 2.29. The smallest absolute Gasteiger partial charge is 0.251 e. The molecule has 0 heterocycles. The van der Waals surface area contributed by atoms with Gasteiger partial charge in [0, 0.05) is 17.6 Å². The maximum atomic E-state index is 11.5. The molecule has 74 valence electrons. The Hall–Kier alpha value is -1.55. The zero-order valence-corrected chi connectivity index (χ0v) is 7.60. The lowest BCUT2D eigenvalue weighted by molar-refractivity contribution is 0.0950. The van der Waals surface area contributed by atoms with Crippen molar-refractivity contribution in [1.82, 2.24) is 5.32 Å². The minimum absolute atomic E-state index is 0.107. The number of amides is 1. The number of nitrogens with two attached hydrogens (primary N) is 1. The lowest BCUT2D eigenvalue weighted by Crippen LogP contribution is -2.29. The number of hydrogen-bond donors (Lipinski definition) is 3. The van der Waals surface area contributed by atoms with E-state index in [2.05, 4.69) is 5.32 Å². The lowest BCUT2D eigenvalue weighted by atomic mass is 10.2. The zero-order chi connectivity index (χ0) is 10.1. The predicted molar refractivity (Wildman–Crippen MR) is 52.0 cm³/mol. The van der Waals surface area contributed by atoms with Crippen LogP contribution in [0.2, 0.25) is 0 Å². The van der Waals surface area contributed by atoms with Gasteiger partial charge in [-0.05, 0) is 30.7 Å². The average molecular weight is 192 g/mol. The minimum atomic E-state index is -0.136. The molecule has 4 heteroatoms. The van der Waals surface area contributed by atoms with Crippen LogP contribution in [0.4, 0.5) is 0 Å². The predicted octanol–water partition coefficient (Wildman–Crippen LogP) is 0.222. The third-order valence-corrected chi connectivity index (χ3v) is 2.29. The van der Waals surface area contributed by atoms with Crippen molar-refractivity contribution in [3.63, 3.8) is 0 Å². The Kier molecular flexibility index (Phi) is 2.13.